The lowest BCUT2D eigenvalue weighted by Crippen LogP contribution is -2.38. The second-order valence-corrected chi connectivity index (χ2v) is 9.17. The van der Waals surface area contributed by atoms with Crippen molar-refractivity contribution in [1.82, 2.24) is 5.32 Å². The molecule has 0 saturated heterocycles. The van der Waals surface area contributed by atoms with Crippen LogP contribution in [-0.2, 0) is 30.7 Å². The van der Waals surface area contributed by atoms with Crippen LogP contribution in [0.15, 0.2) is 18.2 Å². The van der Waals surface area contributed by atoms with Crippen molar-refractivity contribution < 1.29 is 22.4 Å². The third-order valence-electron chi connectivity index (χ3n) is 3.83. The van der Waals surface area contributed by atoms with Gasteiger partial charge in [0.2, 0.25) is 0 Å². The van der Waals surface area contributed by atoms with E-state index in [0.29, 0.717) is 13.0 Å². The Hall–Kier alpha value is -1.44. The summed E-state index contributed by atoms with van der Waals surface area (Å²) in [6.45, 7) is 10.8. The maximum atomic E-state index is 12.2. The molecule has 0 aliphatic rings. The van der Waals surface area contributed by atoms with E-state index in [1.807, 2.05) is 26.0 Å². The molecule has 6 nitrogen and oxygen atoms in total. The van der Waals surface area contributed by atoms with E-state index in [4.69, 9.17) is 0 Å². The Morgan fingerprint density at radius 3 is 2.36 bits per heavy atom. The van der Waals surface area contributed by atoms with E-state index in [0.717, 1.165) is 18.2 Å². The largest absolute Gasteiger partial charge is 0.360 e. The molecule has 1 atom stereocenters. The molecule has 0 aliphatic heterocycles. The van der Waals surface area contributed by atoms with E-state index in [-0.39, 0.29) is 5.41 Å². The summed E-state index contributed by atoms with van der Waals surface area (Å²) in [5, 5.41) is 3.14. The van der Waals surface area contributed by atoms with Crippen LogP contribution in [0.1, 0.15) is 50.3 Å². The van der Waals surface area contributed by atoms with Crippen LogP contribution in [0.2, 0.25) is 0 Å². The van der Waals surface area contributed by atoms with Gasteiger partial charge in [0, 0.05) is 6.54 Å². The first-order valence-electron chi connectivity index (χ1n) is 8.27. The summed E-state index contributed by atoms with van der Waals surface area (Å²) >= 11 is 0. The van der Waals surface area contributed by atoms with Crippen LogP contribution in [-0.4, -0.2) is 26.7 Å². The summed E-state index contributed by atoms with van der Waals surface area (Å²) in [6.07, 6.45) is 2.11. The predicted octanol–water partition coefficient (Wildman–Crippen LogP) is 3.02. The average Bonchev–Trinajstić information content (AvgIpc) is 2.46. The van der Waals surface area contributed by atoms with Crippen LogP contribution in [0, 0.1) is 19.3 Å². The predicted molar refractivity (Wildman–Crippen MR) is 97.3 cm³/mol. The molecule has 1 aromatic carbocycles. The van der Waals surface area contributed by atoms with Gasteiger partial charge >= 0.3 is 5.97 Å². The molecule has 25 heavy (non-hydrogen) atoms. The van der Waals surface area contributed by atoms with Gasteiger partial charge in [-0.2, -0.15) is 8.42 Å². The number of rotatable bonds is 8. The van der Waals surface area contributed by atoms with E-state index in [9.17, 15) is 13.2 Å². The van der Waals surface area contributed by atoms with Crippen molar-refractivity contribution in [3.63, 3.8) is 0 Å². The molecule has 0 amide bonds. The normalized spacial score (nSPS) is 13.5. The minimum atomic E-state index is -3.84. The Kier molecular flexibility index (Phi) is 7.59. The lowest BCUT2D eigenvalue weighted by molar-refractivity contribution is -0.213. The van der Waals surface area contributed by atoms with Crippen molar-refractivity contribution in [2.45, 2.75) is 60.0 Å². The van der Waals surface area contributed by atoms with Crippen LogP contribution in [0.5, 0.6) is 0 Å². The summed E-state index contributed by atoms with van der Waals surface area (Å²) in [7, 11) is -3.84. The SMILES string of the molecule is Cc1ccc(CN[C@@H](CCC(C)(C)C)C(=O)OOS(C)(=O)=O)cc1C. The molecule has 0 bridgehead atoms. The second kappa shape index (κ2) is 8.78. The highest BCUT2D eigenvalue weighted by Gasteiger charge is 2.24. The lowest BCUT2D eigenvalue weighted by atomic mass is 9.88. The summed E-state index contributed by atoms with van der Waals surface area (Å²) < 4.78 is 26.2. The molecule has 7 heteroatoms. The van der Waals surface area contributed by atoms with E-state index in [2.05, 4.69) is 41.4 Å². The van der Waals surface area contributed by atoms with Crippen molar-refractivity contribution in [2.75, 3.05) is 6.26 Å². The zero-order valence-corrected chi connectivity index (χ0v) is 16.7. The van der Waals surface area contributed by atoms with Gasteiger partial charge < -0.3 is 5.32 Å². The molecule has 1 rings (SSSR count). The Morgan fingerprint density at radius 1 is 1.20 bits per heavy atom. The first-order valence-corrected chi connectivity index (χ1v) is 10.1. The van der Waals surface area contributed by atoms with E-state index in [1.165, 1.54) is 11.1 Å². The zero-order chi connectivity index (χ0) is 19.3. The molecule has 0 unspecified atom stereocenters. The number of hydrogen-bond acceptors (Lipinski definition) is 6. The van der Waals surface area contributed by atoms with E-state index in [1.54, 1.807) is 0 Å². The fraction of sp³-hybridized carbons (Fsp3) is 0.611. The molecule has 0 spiro atoms. The Balaban J connectivity index is 2.75. The summed E-state index contributed by atoms with van der Waals surface area (Å²) in [5.74, 6) is -0.737. The van der Waals surface area contributed by atoms with Gasteiger partial charge in [-0.25, -0.2) is 4.79 Å². The van der Waals surface area contributed by atoms with Crippen molar-refractivity contribution >= 4 is 16.1 Å². The van der Waals surface area contributed by atoms with E-state index < -0.39 is 22.1 Å². The lowest BCUT2D eigenvalue weighted by Gasteiger charge is -2.22. The average molecular weight is 371 g/mol. The molecular weight excluding hydrogens is 342 g/mol. The highest BCUT2D eigenvalue weighted by atomic mass is 32.2. The number of hydrogen-bond donors (Lipinski definition) is 1. The molecule has 142 valence electrons. The van der Waals surface area contributed by atoms with Crippen molar-refractivity contribution in [3.8, 4) is 0 Å². The van der Waals surface area contributed by atoms with Crippen LogP contribution in [0.3, 0.4) is 0 Å². The quantitative estimate of drug-likeness (QED) is 0.559. The van der Waals surface area contributed by atoms with Gasteiger partial charge in [0.25, 0.3) is 10.1 Å². The highest BCUT2D eigenvalue weighted by Crippen LogP contribution is 2.22. The summed E-state index contributed by atoms with van der Waals surface area (Å²) in [5.41, 5.74) is 3.46. The second-order valence-electron chi connectivity index (χ2n) is 7.63. The molecule has 0 fully saturated rings. The van der Waals surface area contributed by atoms with Crippen LogP contribution >= 0.6 is 0 Å². The molecule has 1 aromatic rings. The number of nitrogens with one attached hydrogen (secondary N) is 1. The molecule has 0 heterocycles. The van der Waals surface area contributed by atoms with Crippen LogP contribution in [0.25, 0.3) is 0 Å². The van der Waals surface area contributed by atoms with Gasteiger partial charge in [-0.3, -0.25) is 4.89 Å². The summed E-state index contributed by atoms with van der Waals surface area (Å²) in [6, 6.07) is 5.43. The molecule has 0 saturated carbocycles. The fourth-order valence-electron chi connectivity index (χ4n) is 2.19. The van der Waals surface area contributed by atoms with Gasteiger partial charge in [-0.15, -0.1) is 0 Å². The number of benzene rings is 1. The van der Waals surface area contributed by atoms with Crippen molar-refractivity contribution in [3.05, 3.63) is 34.9 Å². The van der Waals surface area contributed by atoms with Crippen molar-refractivity contribution in [1.29, 1.82) is 0 Å². The van der Waals surface area contributed by atoms with E-state index >= 15 is 0 Å². The third-order valence-corrected chi connectivity index (χ3v) is 4.15. The first kappa shape index (κ1) is 21.6. The molecule has 0 aromatic heterocycles. The van der Waals surface area contributed by atoms with Crippen molar-refractivity contribution in [2.24, 2.45) is 5.41 Å². The van der Waals surface area contributed by atoms with Crippen LogP contribution < -0.4 is 5.32 Å². The van der Waals surface area contributed by atoms with Gasteiger partial charge in [0.15, 0.2) is 0 Å². The minimum Gasteiger partial charge on any atom is -0.300 e. The van der Waals surface area contributed by atoms with Gasteiger partial charge in [0.05, 0.1) is 6.26 Å². The molecule has 0 radical (unpaired) electrons. The Labute approximate surface area is 151 Å². The minimum absolute atomic E-state index is 0.0400. The third kappa shape index (κ3) is 9.00. The van der Waals surface area contributed by atoms with Crippen LogP contribution in [0.4, 0.5) is 0 Å². The fourth-order valence-corrected chi connectivity index (χ4v) is 2.38. The number of aryl methyl sites for hydroxylation is 2. The topological polar surface area (TPSA) is 81.7 Å². The molecular formula is C18H29NO5S. The zero-order valence-electron chi connectivity index (χ0n) is 15.9. The Bertz CT molecular complexity index is 692. The van der Waals surface area contributed by atoms with Gasteiger partial charge in [0.1, 0.15) is 6.04 Å². The van der Waals surface area contributed by atoms with Gasteiger partial charge in [-0.1, -0.05) is 43.3 Å². The smallest absolute Gasteiger partial charge is 0.300 e. The standard InChI is InChI=1S/C18H29NO5S/c1-13-7-8-15(11-14(13)2)12-19-16(9-10-18(3,4)5)17(20)23-24-25(6,21)22/h7-8,11,16,19H,9-10,12H2,1-6H3/t16-/m0/s1. The van der Waals surface area contributed by atoms with Gasteiger partial charge in [-0.05, 0) is 48.8 Å². The highest BCUT2D eigenvalue weighted by molar-refractivity contribution is 7.85. The first-order chi connectivity index (χ1) is 11.4. The number of carbonyl (C=O) groups is 1. The summed E-state index contributed by atoms with van der Waals surface area (Å²) in [4.78, 5) is 16.7. The molecule has 1 N–H and O–H groups in total. The maximum absolute atomic E-state index is 12.2. The Morgan fingerprint density at radius 2 is 1.84 bits per heavy atom. The molecule has 0 aliphatic carbocycles. The number of carbonyl (C=O) groups excluding carboxylic acids is 1. The monoisotopic (exact) mass is 371 g/mol. The maximum Gasteiger partial charge on any atom is 0.360 e.